The van der Waals surface area contributed by atoms with E-state index in [1.165, 1.54) is 30.5 Å². The summed E-state index contributed by atoms with van der Waals surface area (Å²) < 4.78 is 99.9. The quantitative estimate of drug-likeness (QED) is 0.0689. The van der Waals surface area contributed by atoms with Gasteiger partial charge in [0.15, 0.2) is 11.5 Å². The molecule has 1 aromatic heterocycles. The first-order chi connectivity index (χ1) is 25.1. The van der Waals surface area contributed by atoms with Gasteiger partial charge in [-0.05, 0) is 49.1 Å². The highest BCUT2D eigenvalue weighted by atomic mass is 19.4. The number of nitrogens with one attached hydrogen (secondary N) is 1. The van der Waals surface area contributed by atoms with Crippen LogP contribution in [0.15, 0.2) is 66.9 Å². The number of hydrogen-bond acceptors (Lipinski definition) is 10. The Morgan fingerprint density at radius 3 is 2.09 bits per heavy atom. The third kappa shape index (κ3) is 10.3. The molecule has 0 aliphatic rings. The fourth-order valence-corrected chi connectivity index (χ4v) is 5.45. The van der Waals surface area contributed by atoms with Gasteiger partial charge in [-0.1, -0.05) is 49.4 Å². The predicted molar refractivity (Wildman–Crippen MR) is 180 cm³/mol. The predicted octanol–water partition coefficient (Wildman–Crippen LogP) is 7.15. The van der Waals surface area contributed by atoms with E-state index in [9.17, 15) is 40.7 Å². The molecule has 11 nitrogen and oxygen atoms in total. The minimum Gasteiger partial charge on any atom is -0.490 e. The molecule has 1 atom stereocenters. The Kier molecular flexibility index (Phi) is 13.1. The number of alkyl halides is 6. The molecule has 17 heteroatoms. The minimum absolute atomic E-state index is 0.0226. The Labute approximate surface area is 300 Å². The number of nitrogens with zero attached hydrogens (tertiary/aromatic N) is 2. The monoisotopic (exact) mass is 750 g/mol. The van der Waals surface area contributed by atoms with Gasteiger partial charge in [-0.15, -0.1) is 0 Å². The van der Waals surface area contributed by atoms with Gasteiger partial charge in [0.2, 0.25) is 0 Å². The lowest BCUT2D eigenvalue weighted by Crippen LogP contribution is -2.37. The number of amides is 1. The summed E-state index contributed by atoms with van der Waals surface area (Å²) in [6, 6.07) is 15.4. The summed E-state index contributed by atoms with van der Waals surface area (Å²) in [5.74, 6) is -5.05. The van der Waals surface area contributed by atoms with Crippen LogP contribution in [-0.4, -0.2) is 66.6 Å². The molecule has 1 amide bonds. The first kappa shape index (κ1) is 40.2. The standard InChI is InChI=1S/C36H36F6N4O7/c1-4-23-22(18-46(20-52-33(48)35(37,38)39)19-30(21-11-8-7-9-12-21)53-34(49)36(40,41)42)13-10-14-26(23)45-31-24-15-28(50-5-2)29(51-6-3)16-27(24)44-17-25(31)32(43)47/h7-17,30H,4-6,18-20H2,1-3H3,(H2,43,47)(H,44,45). The number of nitrogens with two attached hydrogens (primary N) is 1. The van der Waals surface area contributed by atoms with E-state index in [1.54, 1.807) is 57.2 Å². The number of ether oxygens (including phenoxy) is 4. The van der Waals surface area contributed by atoms with Crippen LogP contribution in [0, 0.1) is 0 Å². The maximum atomic E-state index is 13.3. The van der Waals surface area contributed by atoms with E-state index >= 15 is 0 Å². The van der Waals surface area contributed by atoms with Crippen molar-refractivity contribution < 1.29 is 59.7 Å². The number of carbonyl (C=O) groups is 3. The zero-order chi connectivity index (χ0) is 38.9. The summed E-state index contributed by atoms with van der Waals surface area (Å²) >= 11 is 0. The number of pyridine rings is 1. The summed E-state index contributed by atoms with van der Waals surface area (Å²) in [5, 5.41) is 3.69. The highest BCUT2D eigenvalue weighted by Crippen LogP contribution is 2.38. The molecule has 1 heterocycles. The van der Waals surface area contributed by atoms with Crippen LogP contribution in [0.3, 0.4) is 0 Å². The van der Waals surface area contributed by atoms with Gasteiger partial charge < -0.3 is 30.0 Å². The van der Waals surface area contributed by atoms with Crippen LogP contribution in [0.1, 0.15) is 53.9 Å². The number of aromatic nitrogens is 1. The van der Waals surface area contributed by atoms with Crippen LogP contribution in [0.5, 0.6) is 11.5 Å². The van der Waals surface area contributed by atoms with Crippen LogP contribution in [0.4, 0.5) is 37.7 Å². The number of halogens is 6. The van der Waals surface area contributed by atoms with Crippen molar-refractivity contribution in [2.24, 2.45) is 5.73 Å². The van der Waals surface area contributed by atoms with Crippen molar-refractivity contribution in [2.45, 2.75) is 52.2 Å². The van der Waals surface area contributed by atoms with E-state index in [1.807, 2.05) is 0 Å². The minimum atomic E-state index is -5.37. The smallest absolute Gasteiger partial charge is 0.490 e. The van der Waals surface area contributed by atoms with Gasteiger partial charge in [0, 0.05) is 36.4 Å². The Morgan fingerprint density at radius 1 is 0.868 bits per heavy atom. The fourth-order valence-electron chi connectivity index (χ4n) is 5.45. The van der Waals surface area contributed by atoms with Crippen LogP contribution in [0.25, 0.3) is 10.9 Å². The maximum absolute atomic E-state index is 13.3. The highest BCUT2D eigenvalue weighted by Gasteiger charge is 2.43. The second-order valence-corrected chi connectivity index (χ2v) is 11.4. The number of anilines is 2. The summed E-state index contributed by atoms with van der Waals surface area (Å²) in [6.07, 6.45) is -10.8. The molecule has 4 aromatic rings. The van der Waals surface area contributed by atoms with Gasteiger partial charge in [0.1, 0.15) is 12.8 Å². The first-order valence-electron chi connectivity index (χ1n) is 16.3. The molecular weight excluding hydrogens is 714 g/mol. The van der Waals surface area contributed by atoms with Gasteiger partial charge in [-0.2, -0.15) is 26.3 Å². The lowest BCUT2D eigenvalue weighted by Gasteiger charge is -2.29. The highest BCUT2D eigenvalue weighted by molar-refractivity contribution is 6.08. The van der Waals surface area contributed by atoms with E-state index in [-0.39, 0.29) is 23.4 Å². The van der Waals surface area contributed by atoms with E-state index in [0.717, 1.165) is 4.90 Å². The molecule has 0 saturated carbocycles. The second kappa shape index (κ2) is 17.3. The summed E-state index contributed by atoms with van der Waals surface area (Å²) in [4.78, 5) is 41.7. The molecule has 0 fully saturated rings. The Hall–Kier alpha value is -5.58. The molecule has 53 heavy (non-hydrogen) atoms. The van der Waals surface area contributed by atoms with Crippen molar-refractivity contribution in [3.05, 3.63) is 89.1 Å². The van der Waals surface area contributed by atoms with Crippen LogP contribution in [-0.2, 0) is 32.0 Å². The molecule has 284 valence electrons. The number of primary amides is 1. The maximum Gasteiger partial charge on any atom is 0.490 e. The number of rotatable bonds is 16. The van der Waals surface area contributed by atoms with Gasteiger partial charge >= 0.3 is 24.3 Å². The van der Waals surface area contributed by atoms with Gasteiger partial charge in [-0.3, -0.25) is 14.7 Å². The Balaban J connectivity index is 1.78. The summed E-state index contributed by atoms with van der Waals surface area (Å²) in [6.45, 7) is 4.07. The normalized spacial score (nSPS) is 12.3. The molecule has 0 bridgehead atoms. The molecular formula is C36H36F6N4O7. The first-order valence-corrected chi connectivity index (χ1v) is 16.3. The summed E-state index contributed by atoms with van der Waals surface area (Å²) in [5.41, 5.74) is 8.00. The molecule has 4 rings (SSSR count). The molecule has 0 saturated heterocycles. The van der Waals surface area contributed by atoms with Gasteiger partial charge in [0.25, 0.3) is 5.91 Å². The number of fused-ring (bicyclic) bond motifs is 1. The van der Waals surface area contributed by atoms with Crippen LogP contribution >= 0.6 is 0 Å². The summed E-state index contributed by atoms with van der Waals surface area (Å²) in [7, 11) is 0. The second-order valence-electron chi connectivity index (χ2n) is 11.4. The molecule has 0 radical (unpaired) electrons. The van der Waals surface area contributed by atoms with E-state index in [2.05, 4.69) is 15.0 Å². The third-order valence-corrected chi connectivity index (χ3v) is 7.76. The molecule has 0 aliphatic carbocycles. The zero-order valence-electron chi connectivity index (χ0n) is 28.8. The Morgan fingerprint density at radius 2 is 1.51 bits per heavy atom. The van der Waals surface area contributed by atoms with Crippen molar-refractivity contribution in [1.82, 2.24) is 9.88 Å². The van der Waals surface area contributed by atoms with E-state index in [4.69, 9.17) is 19.9 Å². The van der Waals surface area contributed by atoms with Crippen molar-refractivity contribution in [1.29, 1.82) is 0 Å². The number of hydrogen-bond donors (Lipinski definition) is 2. The number of carbonyl (C=O) groups excluding carboxylic acids is 3. The van der Waals surface area contributed by atoms with Crippen LogP contribution < -0.4 is 20.5 Å². The largest absolute Gasteiger partial charge is 0.490 e. The van der Waals surface area contributed by atoms with Crippen LogP contribution in [0.2, 0.25) is 0 Å². The molecule has 0 aliphatic heterocycles. The van der Waals surface area contributed by atoms with Crippen molar-refractivity contribution in [3.63, 3.8) is 0 Å². The van der Waals surface area contributed by atoms with Crippen molar-refractivity contribution in [3.8, 4) is 11.5 Å². The van der Waals surface area contributed by atoms with Gasteiger partial charge in [-0.25, -0.2) is 9.59 Å². The van der Waals surface area contributed by atoms with E-state index < -0.39 is 49.6 Å². The lowest BCUT2D eigenvalue weighted by molar-refractivity contribution is -0.209. The number of esters is 2. The average Bonchev–Trinajstić information content (AvgIpc) is 3.10. The molecule has 0 spiro atoms. The SMILES string of the molecule is CCOc1cc2ncc(C(N)=O)c(Nc3cccc(CN(COC(=O)C(F)(F)F)CC(OC(=O)C(F)(F)F)c4ccccc4)c3CC)c2cc1OCC. The molecule has 3 N–H and O–H groups in total. The topological polar surface area (TPSA) is 142 Å². The third-order valence-electron chi connectivity index (χ3n) is 7.76. The van der Waals surface area contributed by atoms with Crippen molar-refractivity contribution in [2.75, 3.05) is 31.8 Å². The fraction of sp³-hybridized carbons (Fsp3) is 0.333. The molecule has 3 aromatic carbocycles. The lowest BCUT2D eigenvalue weighted by atomic mass is 10.0. The average molecular weight is 751 g/mol. The Bertz CT molecular complexity index is 1920. The zero-order valence-corrected chi connectivity index (χ0v) is 28.8. The van der Waals surface area contributed by atoms with Gasteiger partial charge in [0.05, 0.1) is 30.0 Å². The number of benzene rings is 3. The molecule has 1 unspecified atom stereocenters. The van der Waals surface area contributed by atoms with E-state index in [0.29, 0.717) is 58.9 Å². The van der Waals surface area contributed by atoms with Crippen molar-refractivity contribution >= 4 is 40.1 Å².